The van der Waals surface area contributed by atoms with Gasteiger partial charge in [-0.15, -0.1) is 0 Å². The van der Waals surface area contributed by atoms with Crippen molar-refractivity contribution in [2.45, 2.75) is 58.8 Å². The molecule has 0 aromatic heterocycles. The molecule has 0 bridgehead atoms. The number of rotatable bonds is 1. The highest BCUT2D eigenvalue weighted by atomic mass is 16.1. The molecule has 0 amide bonds. The Labute approximate surface area is 139 Å². The molecule has 124 valence electrons. The summed E-state index contributed by atoms with van der Waals surface area (Å²) in [7, 11) is 0. The molecule has 0 spiro atoms. The van der Waals surface area contributed by atoms with Gasteiger partial charge in [-0.2, -0.15) is 0 Å². The van der Waals surface area contributed by atoms with Crippen LogP contribution in [0.5, 0.6) is 0 Å². The number of ketones is 1. The van der Waals surface area contributed by atoms with Crippen molar-refractivity contribution in [2.24, 2.45) is 46.3 Å². The molecule has 5 rings (SSSR count). The van der Waals surface area contributed by atoms with E-state index in [2.05, 4.69) is 13.8 Å². The van der Waals surface area contributed by atoms with Crippen LogP contribution in [-0.2, 0) is 4.79 Å². The summed E-state index contributed by atoms with van der Waals surface area (Å²) in [6, 6.07) is 0. The third-order valence-electron chi connectivity index (χ3n) is 9.01. The van der Waals surface area contributed by atoms with Crippen LogP contribution in [0.3, 0.4) is 0 Å². The van der Waals surface area contributed by atoms with Crippen molar-refractivity contribution in [1.29, 1.82) is 5.41 Å². The number of hydrogen-bond donors (Lipinski definition) is 1. The fourth-order valence-electron chi connectivity index (χ4n) is 7.90. The summed E-state index contributed by atoms with van der Waals surface area (Å²) in [6.07, 6.45) is 12.1. The third-order valence-corrected chi connectivity index (χ3v) is 9.01. The first kappa shape index (κ1) is 14.4. The Kier molecular flexibility index (Phi) is 2.74. The van der Waals surface area contributed by atoms with E-state index in [1.165, 1.54) is 31.3 Å². The highest BCUT2D eigenvalue weighted by molar-refractivity contribution is 5.91. The van der Waals surface area contributed by atoms with Crippen LogP contribution in [0.2, 0.25) is 0 Å². The van der Waals surface area contributed by atoms with Crippen LogP contribution < -0.4 is 0 Å². The lowest BCUT2D eigenvalue weighted by atomic mass is 9.46. The Balaban J connectivity index is 1.53. The smallest absolute Gasteiger partial charge is 0.155 e. The number of carbonyl (C=O) groups excluding carboxylic acids is 1. The molecule has 0 aromatic carbocycles. The lowest BCUT2D eigenvalue weighted by molar-refractivity contribution is -0.117. The van der Waals surface area contributed by atoms with E-state index in [4.69, 9.17) is 5.41 Å². The van der Waals surface area contributed by atoms with E-state index in [9.17, 15) is 4.79 Å². The van der Waals surface area contributed by atoms with Gasteiger partial charge in [0.1, 0.15) is 0 Å². The van der Waals surface area contributed by atoms with Crippen LogP contribution in [0.25, 0.3) is 0 Å². The highest BCUT2D eigenvalue weighted by Gasteiger charge is 2.69. The Bertz CT molecular complexity index is 621. The van der Waals surface area contributed by atoms with Gasteiger partial charge in [-0.05, 0) is 91.2 Å². The standard InChI is InChI=1S/C21H29NO/c1-20-7-5-13(23)9-12(20)3-4-14-17(20)6-8-21(2)18(11-22)15-10-16(15)19(14)21/h9,11,14-19,22H,3-8,10H2,1-2H3/t14?,15-,16?,17+,18?,19-,20+,21-/m1/s1. The second kappa shape index (κ2) is 4.37. The van der Waals surface area contributed by atoms with E-state index in [-0.39, 0.29) is 0 Å². The maximum atomic E-state index is 11.9. The zero-order chi connectivity index (χ0) is 16.0. The van der Waals surface area contributed by atoms with Crippen molar-refractivity contribution >= 4 is 12.0 Å². The Morgan fingerprint density at radius 2 is 1.96 bits per heavy atom. The molecule has 0 aliphatic heterocycles. The van der Waals surface area contributed by atoms with Crippen molar-refractivity contribution in [2.75, 3.05) is 0 Å². The molecule has 23 heavy (non-hydrogen) atoms. The summed E-state index contributed by atoms with van der Waals surface area (Å²) >= 11 is 0. The van der Waals surface area contributed by atoms with E-state index in [0.29, 0.717) is 22.5 Å². The molecule has 5 aliphatic carbocycles. The molecular weight excluding hydrogens is 282 g/mol. The number of nitrogens with one attached hydrogen (secondary N) is 1. The predicted molar refractivity (Wildman–Crippen MR) is 91.3 cm³/mol. The van der Waals surface area contributed by atoms with Gasteiger partial charge in [-0.3, -0.25) is 4.79 Å². The molecule has 0 radical (unpaired) electrons. The van der Waals surface area contributed by atoms with Gasteiger partial charge in [-0.25, -0.2) is 0 Å². The second-order valence-corrected chi connectivity index (χ2v) is 9.69. The van der Waals surface area contributed by atoms with Crippen molar-refractivity contribution in [1.82, 2.24) is 0 Å². The maximum Gasteiger partial charge on any atom is 0.155 e. The highest BCUT2D eigenvalue weighted by Crippen LogP contribution is 2.75. The number of hydrogen-bond acceptors (Lipinski definition) is 2. The van der Waals surface area contributed by atoms with Crippen molar-refractivity contribution in [3.63, 3.8) is 0 Å². The molecule has 5 aliphatic rings. The molecule has 0 aromatic rings. The summed E-state index contributed by atoms with van der Waals surface area (Å²) in [4.78, 5) is 11.9. The zero-order valence-electron chi connectivity index (χ0n) is 14.5. The predicted octanol–water partition coefficient (Wildman–Crippen LogP) is 4.64. The van der Waals surface area contributed by atoms with E-state index in [1.54, 1.807) is 6.21 Å². The van der Waals surface area contributed by atoms with Crippen LogP contribution in [-0.4, -0.2) is 12.0 Å². The first-order valence-electron chi connectivity index (χ1n) is 9.73. The number of fused-ring (bicyclic) bond motifs is 7. The van der Waals surface area contributed by atoms with Gasteiger partial charge in [0.25, 0.3) is 0 Å². The van der Waals surface area contributed by atoms with Gasteiger partial charge < -0.3 is 5.41 Å². The van der Waals surface area contributed by atoms with E-state index in [1.807, 2.05) is 6.08 Å². The average Bonchev–Trinajstić information content (AvgIpc) is 3.23. The van der Waals surface area contributed by atoms with Gasteiger partial charge in [0.05, 0.1) is 0 Å². The SMILES string of the molecule is C[C@]12CCC(=O)C=C1CCC1[C@@H]3C4C[C@H]4C(C=N)[C@@]3(C)CC[C@@H]12. The topological polar surface area (TPSA) is 40.9 Å². The Hall–Kier alpha value is -0.920. The van der Waals surface area contributed by atoms with Gasteiger partial charge in [0, 0.05) is 12.3 Å². The number of allylic oxidation sites excluding steroid dienone is 1. The maximum absolute atomic E-state index is 11.9. The van der Waals surface area contributed by atoms with Crippen LogP contribution in [0.4, 0.5) is 0 Å². The number of carbonyl (C=O) groups is 1. The quantitative estimate of drug-likeness (QED) is 0.704. The lowest BCUT2D eigenvalue weighted by Gasteiger charge is -2.58. The van der Waals surface area contributed by atoms with Gasteiger partial charge in [0.15, 0.2) is 5.78 Å². The normalized spacial score (nSPS) is 56.8. The van der Waals surface area contributed by atoms with Crippen molar-refractivity contribution in [3.8, 4) is 0 Å². The molecule has 3 unspecified atom stereocenters. The largest absolute Gasteiger partial charge is 0.313 e. The minimum atomic E-state index is 0.297. The molecule has 8 atom stereocenters. The van der Waals surface area contributed by atoms with Gasteiger partial charge >= 0.3 is 0 Å². The van der Waals surface area contributed by atoms with E-state index in [0.717, 1.165) is 48.9 Å². The minimum Gasteiger partial charge on any atom is -0.313 e. The summed E-state index contributed by atoms with van der Waals surface area (Å²) in [5, 5.41) is 7.97. The Morgan fingerprint density at radius 3 is 2.74 bits per heavy atom. The average molecular weight is 311 g/mol. The minimum absolute atomic E-state index is 0.297. The van der Waals surface area contributed by atoms with Crippen molar-refractivity contribution < 1.29 is 4.79 Å². The molecule has 4 saturated carbocycles. The molecule has 0 heterocycles. The first-order valence-corrected chi connectivity index (χ1v) is 9.73. The lowest BCUT2D eigenvalue weighted by Crippen LogP contribution is -2.51. The van der Waals surface area contributed by atoms with Crippen molar-refractivity contribution in [3.05, 3.63) is 11.6 Å². The van der Waals surface area contributed by atoms with Crippen LogP contribution >= 0.6 is 0 Å². The Morgan fingerprint density at radius 1 is 1.13 bits per heavy atom. The summed E-state index contributed by atoms with van der Waals surface area (Å²) in [5.41, 5.74) is 2.18. The molecule has 2 heteroatoms. The van der Waals surface area contributed by atoms with Gasteiger partial charge in [0.2, 0.25) is 0 Å². The first-order chi connectivity index (χ1) is 11.0. The fraction of sp³-hybridized carbons (Fsp3) is 0.810. The van der Waals surface area contributed by atoms with E-state index < -0.39 is 0 Å². The fourth-order valence-corrected chi connectivity index (χ4v) is 7.90. The molecular formula is C21H29NO. The molecule has 1 N–H and O–H groups in total. The van der Waals surface area contributed by atoms with E-state index >= 15 is 0 Å². The van der Waals surface area contributed by atoms with Gasteiger partial charge in [-0.1, -0.05) is 19.4 Å². The third kappa shape index (κ3) is 1.66. The van der Waals surface area contributed by atoms with Crippen LogP contribution in [0, 0.1) is 51.7 Å². The summed E-state index contributed by atoms with van der Waals surface area (Å²) in [5.74, 6) is 5.16. The second-order valence-electron chi connectivity index (χ2n) is 9.69. The monoisotopic (exact) mass is 311 g/mol. The van der Waals surface area contributed by atoms with Crippen LogP contribution in [0.1, 0.15) is 58.8 Å². The zero-order valence-corrected chi connectivity index (χ0v) is 14.5. The summed E-state index contributed by atoms with van der Waals surface area (Å²) in [6.45, 7) is 4.98. The van der Waals surface area contributed by atoms with Crippen LogP contribution in [0.15, 0.2) is 11.6 Å². The molecule has 4 fully saturated rings. The summed E-state index contributed by atoms with van der Waals surface area (Å²) < 4.78 is 0. The molecule has 0 saturated heterocycles. The molecule has 2 nitrogen and oxygen atoms in total.